The highest BCUT2D eigenvalue weighted by atomic mass is 32.2. The number of aliphatic hydroxyl groups is 1. The van der Waals surface area contributed by atoms with Crippen molar-refractivity contribution in [1.82, 2.24) is 14.7 Å². The van der Waals surface area contributed by atoms with E-state index in [0.717, 1.165) is 28.0 Å². The minimum Gasteiger partial charge on any atom is -0.497 e. The molecule has 0 bridgehead atoms. The second kappa shape index (κ2) is 15.1. The van der Waals surface area contributed by atoms with Gasteiger partial charge in [-0.1, -0.05) is 18.2 Å². The van der Waals surface area contributed by atoms with E-state index in [2.05, 4.69) is 14.7 Å². The number of benzene rings is 3. The van der Waals surface area contributed by atoms with Crippen molar-refractivity contribution in [2.45, 2.75) is 49.0 Å². The number of anilines is 1. The van der Waals surface area contributed by atoms with E-state index in [-0.39, 0.29) is 47.5 Å². The highest BCUT2D eigenvalue weighted by Crippen LogP contribution is 2.39. The molecule has 258 valence electrons. The van der Waals surface area contributed by atoms with Gasteiger partial charge in [-0.25, -0.2) is 22.1 Å². The van der Waals surface area contributed by atoms with Gasteiger partial charge in [0.25, 0.3) is 10.0 Å². The molecule has 0 amide bonds. The zero-order valence-electron chi connectivity index (χ0n) is 26.0. The van der Waals surface area contributed by atoms with Gasteiger partial charge in [-0.3, -0.25) is 0 Å². The van der Waals surface area contributed by atoms with Gasteiger partial charge in [0.05, 0.1) is 44.3 Å². The van der Waals surface area contributed by atoms with Gasteiger partial charge in [0, 0.05) is 47.3 Å². The highest BCUT2D eigenvalue weighted by molar-refractivity contribution is 7.93. The van der Waals surface area contributed by atoms with Crippen LogP contribution in [0.2, 0.25) is 0 Å². The number of hydrogen-bond donors (Lipinski definition) is 2. The Bertz CT molecular complexity index is 1780. The van der Waals surface area contributed by atoms with Crippen LogP contribution in [0.5, 0.6) is 17.2 Å². The Balaban J connectivity index is 1.31. The minimum atomic E-state index is -4.56. The van der Waals surface area contributed by atoms with Crippen molar-refractivity contribution in [3.63, 3.8) is 0 Å². The quantitative estimate of drug-likeness (QED) is 0.147. The summed E-state index contributed by atoms with van der Waals surface area (Å²) in [5.41, 5.74) is 1.36. The highest BCUT2D eigenvalue weighted by Gasteiger charge is 2.40. The summed E-state index contributed by atoms with van der Waals surface area (Å²) in [5.74, 6) is -1.12. The maximum atomic E-state index is 14.1. The molecule has 16 heteroatoms. The summed E-state index contributed by atoms with van der Waals surface area (Å²) in [4.78, 5) is 4.06. The number of nitrogens with one attached hydrogen (secondary N) is 1. The number of aromatic nitrogens is 2. The van der Waals surface area contributed by atoms with Gasteiger partial charge in [-0.2, -0.15) is 17.5 Å². The molecule has 0 saturated carbocycles. The number of halogens is 4. The molecule has 1 aromatic heterocycles. The number of nitrogens with zero attached hydrogens (tertiary/aromatic N) is 3. The molecule has 0 saturated heterocycles. The molecule has 1 aliphatic heterocycles. The molecule has 48 heavy (non-hydrogen) atoms. The van der Waals surface area contributed by atoms with Crippen LogP contribution in [0.1, 0.15) is 48.1 Å². The monoisotopic (exact) mass is 710 g/mol. The van der Waals surface area contributed by atoms with Crippen molar-refractivity contribution in [2.75, 3.05) is 31.7 Å². The van der Waals surface area contributed by atoms with Crippen LogP contribution in [-0.2, 0) is 16.6 Å². The van der Waals surface area contributed by atoms with Gasteiger partial charge in [0.15, 0.2) is 0 Å². The number of rotatable bonds is 14. The molecule has 0 spiro atoms. The third kappa shape index (κ3) is 8.17. The summed E-state index contributed by atoms with van der Waals surface area (Å²) in [6.07, 6.45) is -5.15. The maximum absolute atomic E-state index is 14.1. The van der Waals surface area contributed by atoms with E-state index in [9.17, 15) is 31.1 Å². The number of methoxy groups -OCH3 is 2. The van der Waals surface area contributed by atoms with Gasteiger partial charge in [0.1, 0.15) is 29.4 Å². The lowest BCUT2D eigenvalue weighted by Gasteiger charge is -2.29. The number of ether oxygens (including phenoxy) is 3. The van der Waals surface area contributed by atoms with Crippen LogP contribution in [0.4, 0.5) is 22.7 Å². The first-order chi connectivity index (χ1) is 22.9. The van der Waals surface area contributed by atoms with Crippen molar-refractivity contribution >= 4 is 26.7 Å². The molecular formula is C32H34F4N4O6S2. The number of fused-ring (bicyclic) bond motifs is 1. The Kier molecular flexibility index (Phi) is 11.1. The molecule has 1 unspecified atom stereocenters. The lowest BCUT2D eigenvalue weighted by Crippen LogP contribution is -2.33. The molecule has 0 aliphatic carbocycles. The van der Waals surface area contributed by atoms with Crippen LogP contribution in [0.25, 0.3) is 0 Å². The average molecular weight is 711 g/mol. The van der Waals surface area contributed by atoms with Gasteiger partial charge >= 0.3 is 6.18 Å². The predicted molar refractivity (Wildman–Crippen MR) is 170 cm³/mol. The summed E-state index contributed by atoms with van der Waals surface area (Å²) < 4.78 is 105. The van der Waals surface area contributed by atoms with Gasteiger partial charge < -0.3 is 24.6 Å². The molecule has 3 aromatic carbocycles. The molecule has 2 heterocycles. The van der Waals surface area contributed by atoms with E-state index in [1.165, 1.54) is 44.8 Å². The van der Waals surface area contributed by atoms with E-state index < -0.39 is 46.5 Å². The normalized spacial score (nSPS) is 16.0. The second-order valence-corrected chi connectivity index (χ2v) is 13.7. The van der Waals surface area contributed by atoms with Crippen LogP contribution in [0.3, 0.4) is 0 Å². The van der Waals surface area contributed by atoms with E-state index in [1.807, 2.05) is 0 Å². The molecule has 0 radical (unpaired) electrons. The van der Waals surface area contributed by atoms with Crippen LogP contribution in [0.15, 0.2) is 71.9 Å². The Morgan fingerprint density at radius 3 is 2.54 bits per heavy atom. The number of alkyl halides is 3. The molecular weight excluding hydrogens is 677 g/mol. The molecule has 10 nitrogen and oxygen atoms in total. The van der Waals surface area contributed by atoms with Crippen molar-refractivity contribution in [3.8, 4) is 17.2 Å². The molecule has 3 atom stereocenters. The third-order valence-electron chi connectivity index (χ3n) is 8.09. The second-order valence-electron chi connectivity index (χ2n) is 11.1. The van der Waals surface area contributed by atoms with Crippen molar-refractivity contribution in [1.29, 1.82) is 0 Å². The molecule has 0 fully saturated rings. The SMILES string of the molecule is COc1ccc(CN(c2ncns2)S(=O)(=O)c2ccc3c(c2)OCC[C@@H]3NCC[C@H](CC(O)c2ccc(F)cc2)C(F)(F)F)c(OC)c1. The van der Waals surface area contributed by atoms with Crippen LogP contribution < -0.4 is 23.8 Å². The van der Waals surface area contributed by atoms with E-state index >= 15 is 0 Å². The minimum absolute atomic E-state index is 0.0288. The molecule has 2 N–H and O–H groups in total. The van der Waals surface area contributed by atoms with Crippen LogP contribution in [0, 0.1) is 11.7 Å². The smallest absolute Gasteiger partial charge is 0.391 e. The Morgan fingerprint density at radius 2 is 1.88 bits per heavy atom. The summed E-state index contributed by atoms with van der Waals surface area (Å²) >= 11 is 0.906. The Hall–Kier alpha value is -3.99. The van der Waals surface area contributed by atoms with Crippen molar-refractivity contribution in [2.24, 2.45) is 5.92 Å². The summed E-state index contributed by atoms with van der Waals surface area (Å²) in [7, 11) is -1.24. The number of hydrogen-bond acceptors (Lipinski definition) is 10. The molecule has 5 rings (SSSR count). The summed E-state index contributed by atoms with van der Waals surface area (Å²) in [6, 6.07) is 13.8. The zero-order valence-corrected chi connectivity index (χ0v) is 27.6. The molecule has 4 aromatic rings. The summed E-state index contributed by atoms with van der Waals surface area (Å²) in [5, 5.41) is 13.7. The van der Waals surface area contributed by atoms with E-state index in [4.69, 9.17) is 14.2 Å². The fourth-order valence-corrected chi connectivity index (χ4v) is 7.62. The number of sulfonamides is 1. The first kappa shape index (κ1) is 35.3. The predicted octanol–water partition coefficient (Wildman–Crippen LogP) is 6.20. The van der Waals surface area contributed by atoms with Gasteiger partial charge in [-0.05, 0) is 55.3 Å². The van der Waals surface area contributed by atoms with Gasteiger partial charge in [0.2, 0.25) is 5.13 Å². The largest absolute Gasteiger partial charge is 0.497 e. The number of aliphatic hydroxyl groups excluding tert-OH is 1. The summed E-state index contributed by atoms with van der Waals surface area (Å²) in [6.45, 7) is 0.0609. The van der Waals surface area contributed by atoms with Crippen molar-refractivity contribution < 1.29 is 45.3 Å². The first-order valence-electron chi connectivity index (χ1n) is 14.9. The van der Waals surface area contributed by atoms with Crippen LogP contribution in [-0.4, -0.2) is 56.4 Å². The third-order valence-corrected chi connectivity index (χ3v) is 10.6. The van der Waals surface area contributed by atoms with Crippen LogP contribution >= 0.6 is 11.5 Å². The lowest BCUT2D eigenvalue weighted by atomic mass is 9.93. The lowest BCUT2D eigenvalue weighted by molar-refractivity contribution is -0.183. The topological polar surface area (TPSA) is 123 Å². The van der Waals surface area contributed by atoms with Crippen molar-refractivity contribution in [3.05, 3.63) is 89.5 Å². The van der Waals surface area contributed by atoms with Gasteiger partial charge in [-0.15, -0.1) is 0 Å². The Morgan fingerprint density at radius 1 is 1.10 bits per heavy atom. The average Bonchev–Trinajstić information content (AvgIpc) is 3.61. The molecule has 1 aliphatic rings. The first-order valence-corrected chi connectivity index (χ1v) is 17.1. The Labute approximate surface area is 279 Å². The standard InChI is InChI=1S/C32H34F4N4O6S2/c1-44-24-8-5-21(29(16-24)45-2)18-40(31-38-19-39-47-31)48(42,43)25-9-10-26-27(12-14-46-30(26)17-25)37-13-11-22(32(34,35)36)15-28(41)20-3-6-23(33)7-4-20/h3-10,16-17,19,22,27-28,37,41H,11-15,18H2,1-2H3/t22-,27+,28?/m1/s1. The maximum Gasteiger partial charge on any atom is 0.391 e. The fraction of sp³-hybridized carbons (Fsp3) is 0.375. The van der Waals surface area contributed by atoms with E-state index in [0.29, 0.717) is 29.0 Å². The van der Waals surface area contributed by atoms with E-state index in [1.54, 1.807) is 24.3 Å². The zero-order chi connectivity index (χ0) is 34.5. The fourth-order valence-electron chi connectivity index (χ4n) is 5.48.